The number of imide groups is 1. The molecule has 0 bridgehead atoms. The van der Waals surface area contributed by atoms with Crippen LogP contribution in [0.15, 0.2) is 47.0 Å². The van der Waals surface area contributed by atoms with E-state index in [1.54, 1.807) is 19.1 Å². The number of hydrogen-bond donors (Lipinski definition) is 1. The van der Waals surface area contributed by atoms with Crippen LogP contribution in [-0.2, 0) is 9.53 Å². The van der Waals surface area contributed by atoms with E-state index < -0.39 is 30.3 Å². The number of carbonyl (C=O) groups excluding carboxylic acids is 4. The SMILES string of the molecule is Cc1noc(-c2ccc(C(=O)OCC(=O)Nc3ccc4c(c3)C(=O)N(C)C4=O)cc2)n1. The third kappa shape index (κ3) is 3.90. The number of hydrogen-bond acceptors (Lipinski definition) is 8. The van der Waals surface area contributed by atoms with Crippen molar-refractivity contribution in [3.63, 3.8) is 0 Å². The molecule has 0 saturated heterocycles. The molecule has 1 aliphatic rings. The maximum atomic E-state index is 12.2. The van der Waals surface area contributed by atoms with E-state index in [4.69, 9.17) is 9.26 Å². The van der Waals surface area contributed by atoms with E-state index >= 15 is 0 Å². The molecule has 2 aromatic carbocycles. The molecular formula is C21H16N4O6. The Labute approximate surface area is 175 Å². The van der Waals surface area contributed by atoms with Crippen molar-refractivity contribution in [2.75, 3.05) is 19.0 Å². The van der Waals surface area contributed by atoms with Crippen LogP contribution >= 0.6 is 0 Å². The molecule has 1 N–H and O–H groups in total. The van der Waals surface area contributed by atoms with E-state index in [2.05, 4.69) is 15.5 Å². The molecule has 0 radical (unpaired) electrons. The quantitative estimate of drug-likeness (QED) is 0.490. The zero-order chi connectivity index (χ0) is 22.1. The molecule has 10 nitrogen and oxygen atoms in total. The fourth-order valence-electron chi connectivity index (χ4n) is 3.01. The summed E-state index contributed by atoms with van der Waals surface area (Å²) < 4.78 is 10.1. The standard InChI is InChI=1S/C21H16N4O6/c1-11-22-18(31-24-11)12-3-5-13(6-4-12)21(29)30-10-17(26)23-14-7-8-15-16(9-14)20(28)25(2)19(15)27/h3-9H,10H2,1-2H3,(H,23,26). The second kappa shape index (κ2) is 7.82. The van der Waals surface area contributed by atoms with Crippen molar-refractivity contribution in [1.29, 1.82) is 0 Å². The molecule has 0 unspecified atom stereocenters. The Hall–Kier alpha value is -4.34. The van der Waals surface area contributed by atoms with Crippen LogP contribution in [0.3, 0.4) is 0 Å². The van der Waals surface area contributed by atoms with Crippen molar-refractivity contribution in [2.24, 2.45) is 0 Å². The van der Waals surface area contributed by atoms with Gasteiger partial charge in [-0.2, -0.15) is 4.98 Å². The highest BCUT2D eigenvalue weighted by atomic mass is 16.5. The molecule has 4 rings (SSSR count). The number of fused-ring (bicyclic) bond motifs is 1. The fourth-order valence-corrected chi connectivity index (χ4v) is 3.01. The normalized spacial score (nSPS) is 12.6. The largest absolute Gasteiger partial charge is 0.452 e. The Bertz CT molecular complexity index is 1210. The van der Waals surface area contributed by atoms with E-state index in [-0.39, 0.29) is 16.7 Å². The fraction of sp³-hybridized carbons (Fsp3) is 0.143. The van der Waals surface area contributed by atoms with Gasteiger partial charge in [0.25, 0.3) is 23.6 Å². The van der Waals surface area contributed by atoms with E-state index in [1.807, 2.05) is 0 Å². The lowest BCUT2D eigenvalue weighted by molar-refractivity contribution is -0.119. The summed E-state index contributed by atoms with van der Waals surface area (Å²) >= 11 is 0. The number of amides is 3. The van der Waals surface area contributed by atoms with Gasteiger partial charge in [0.2, 0.25) is 0 Å². The summed E-state index contributed by atoms with van der Waals surface area (Å²) in [6.07, 6.45) is 0. The van der Waals surface area contributed by atoms with E-state index in [9.17, 15) is 19.2 Å². The molecule has 156 valence electrons. The Kier molecular flexibility index (Phi) is 5.04. The van der Waals surface area contributed by atoms with Gasteiger partial charge in [-0.3, -0.25) is 19.3 Å². The van der Waals surface area contributed by atoms with Gasteiger partial charge in [-0.25, -0.2) is 4.79 Å². The molecule has 0 spiro atoms. The monoisotopic (exact) mass is 420 g/mol. The van der Waals surface area contributed by atoms with Gasteiger partial charge >= 0.3 is 5.97 Å². The number of rotatable bonds is 5. The zero-order valence-corrected chi connectivity index (χ0v) is 16.5. The van der Waals surface area contributed by atoms with Gasteiger partial charge in [-0.05, 0) is 49.4 Å². The second-order valence-electron chi connectivity index (χ2n) is 6.78. The molecule has 0 aliphatic carbocycles. The number of carbonyl (C=O) groups is 4. The van der Waals surface area contributed by atoms with E-state index in [0.29, 0.717) is 23.0 Å². The Morgan fingerprint density at radius 3 is 2.45 bits per heavy atom. The van der Waals surface area contributed by atoms with Crippen LogP contribution < -0.4 is 5.32 Å². The third-order valence-electron chi connectivity index (χ3n) is 4.60. The van der Waals surface area contributed by atoms with Crippen LogP contribution in [0.5, 0.6) is 0 Å². The minimum Gasteiger partial charge on any atom is -0.452 e. The molecule has 0 atom stereocenters. The minimum atomic E-state index is -0.681. The van der Waals surface area contributed by atoms with Gasteiger partial charge in [-0.1, -0.05) is 5.16 Å². The van der Waals surface area contributed by atoms with Crippen LogP contribution in [0, 0.1) is 6.92 Å². The number of nitrogens with one attached hydrogen (secondary N) is 1. The van der Waals surface area contributed by atoms with Crippen LogP contribution in [-0.4, -0.2) is 52.4 Å². The Morgan fingerprint density at radius 2 is 1.77 bits per heavy atom. The van der Waals surface area contributed by atoms with E-state index in [0.717, 1.165) is 4.90 Å². The highest BCUT2D eigenvalue weighted by molar-refractivity contribution is 6.21. The summed E-state index contributed by atoms with van der Waals surface area (Å²) in [5.41, 5.74) is 1.69. The highest BCUT2D eigenvalue weighted by Gasteiger charge is 2.32. The topological polar surface area (TPSA) is 132 Å². The molecule has 1 aliphatic heterocycles. The maximum Gasteiger partial charge on any atom is 0.338 e. The first-order valence-corrected chi connectivity index (χ1v) is 9.17. The summed E-state index contributed by atoms with van der Waals surface area (Å²) in [7, 11) is 1.39. The van der Waals surface area contributed by atoms with Gasteiger partial charge in [0.15, 0.2) is 12.4 Å². The lowest BCUT2D eigenvalue weighted by Gasteiger charge is -2.07. The predicted octanol–water partition coefficient (Wildman–Crippen LogP) is 2.07. The summed E-state index contributed by atoms with van der Waals surface area (Å²) in [6, 6.07) is 10.7. The smallest absolute Gasteiger partial charge is 0.338 e. The third-order valence-corrected chi connectivity index (χ3v) is 4.60. The summed E-state index contributed by atoms with van der Waals surface area (Å²) in [6.45, 7) is 1.18. The van der Waals surface area contributed by atoms with Gasteiger partial charge in [0.1, 0.15) is 0 Å². The van der Waals surface area contributed by atoms with Crippen molar-refractivity contribution < 1.29 is 28.4 Å². The first kappa shape index (κ1) is 20.0. The number of nitrogens with zero attached hydrogens (tertiary/aromatic N) is 3. The average molecular weight is 420 g/mol. The molecule has 3 amide bonds. The molecule has 1 aromatic heterocycles. The number of ether oxygens (including phenoxy) is 1. The number of aromatic nitrogens is 2. The van der Waals surface area contributed by atoms with Crippen molar-refractivity contribution in [1.82, 2.24) is 15.0 Å². The van der Waals surface area contributed by atoms with Crippen molar-refractivity contribution in [3.05, 3.63) is 65.0 Å². The number of aryl methyl sites for hydroxylation is 1. The van der Waals surface area contributed by atoms with Crippen LogP contribution in [0.2, 0.25) is 0 Å². The summed E-state index contributed by atoms with van der Waals surface area (Å²) in [4.78, 5) is 53.4. The highest BCUT2D eigenvalue weighted by Crippen LogP contribution is 2.24. The minimum absolute atomic E-state index is 0.207. The number of anilines is 1. The number of benzene rings is 2. The lowest BCUT2D eigenvalue weighted by atomic mass is 10.1. The van der Waals surface area contributed by atoms with Crippen LogP contribution in [0.25, 0.3) is 11.5 Å². The Balaban J connectivity index is 1.34. The molecule has 0 saturated carbocycles. The summed E-state index contributed by atoms with van der Waals surface area (Å²) in [5, 5.41) is 6.24. The van der Waals surface area contributed by atoms with Crippen molar-refractivity contribution in [3.8, 4) is 11.5 Å². The molecule has 0 fully saturated rings. The van der Waals surface area contributed by atoms with Crippen LogP contribution in [0.1, 0.15) is 36.9 Å². The zero-order valence-electron chi connectivity index (χ0n) is 16.5. The second-order valence-corrected chi connectivity index (χ2v) is 6.78. The van der Waals surface area contributed by atoms with Gasteiger partial charge in [0, 0.05) is 18.3 Å². The van der Waals surface area contributed by atoms with Crippen LogP contribution in [0.4, 0.5) is 5.69 Å². The maximum absolute atomic E-state index is 12.2. The van der Waals surface area contributed by atoms with E-state index in [1.165, 1.54) is 37.4 Å². The molecule has 3 aromatic rings. The van der Waals surface area contributed by atoms with Gasteiger partial charge in [-0.15, -0.1) is 0 Å². The molecule has 31 heavy (non-hydrogen) atoms. The number of esters is 1. The van der Waals surface area contributed by atoms with Gasteiger partial charge < -0.3 is 14.6 Å². The lowest BCUT2D eigenvalue weighted by Crippen LogP contribution is -2.24. The van der Waals surface area contributed by atoms with Crippen molar-refractivity contribution in [2.45, 2.75) is 6.92 Å². The Morgan fingerprint density at radius 1 is 1.06 bits per heavy atom. The first-order valence-electron chi connectivity index (χ1n) is 9.17. The molecule has 10 heteroatoms. The molecular weight excluding hydrogens is 404 g/mol. The van der Waals surface area contributed by atoms with Gasteiger partial charge in [0.05, 0.1) is 16.7 Å². The molecule has 2 heterocycles. The average Bonchev–Trinajstić information content (AvgIpc) is 3.30. The first-order chi connectivity index (χ1) is 14.8. The van der Waals surface area contributed by atoms with Crippen molar-refractivity contribution >= 4 is 29.4 Å². The summed E-state index contributed by atoms with van der Waals surface area (Å²) in [5.74, 6) is -1.28. The predicted molar refractivity (Wildman–Crippen MR) is 106 cm³/mol.